The smallest absolute Gasteiger partial charge is 0.165 e. The molecule has 1 spiro atoms. The number of aliphatic hydroxyl groups is 1. The van der Waals surface area contributed by atoms with Gasteiger partial charge in [-0.1, -0.05) is 0 Å². The molecule has 0 bridgehead atoms. The Hall–Kier alpha value is -1.20. The van der Waals surface area contributed by atoms with Crippen molar-refractivity contribution < 1.29 is 9.50 Å². The number of likely N-dealkylation sites (tertiary alicyclic amines) is 1. The Morgan fingerprint density at radius 1 is 1.12 bits per heavy atom. The molecule has 1 saturated carbocycles. The van der Waals surface area contributed by atoms with Crippen molar-refractivity contribution in [2.75, 3.05) is 31.1 Å². The van der Waals surface area contributed by atoms with Crippen LogP contribution in [0.2, 0.25) is 0 Å². The van der Waals surface area contributed by atoms with Gasteiger partial charge in [0.05, 0.1) is 6.10 Å². The molecule has 4 nitrogen and oxygen atoms in total. The van der Waals surface area contributed by atoms with Crippen molar-refractivity contribution in [3.8, 4) is 0 Å². The van der Waals surface area contributed by atoms with Gasteiger partial charge in [-0.25, -0.2) is 9.37 Å². The van der Waals surface area contributed by atoms with E-state index >= 15 is 0 Å². The lowest BCUT2D eigenvalue weighted by molar-refractivity contribution is 0.0770. The van der Waals surface area contributed by atoms with Crippen molar-refractivity contribution >= 4 is 5.82 Å². The van der Waals surface area contributed by atoms with Crippen LogP contribution in [0, 0.1) is 11.2 Å². The number of anilines is 1. The van der Waals surface area contributed by atoms with Crippen molar-refractivity contribution in [1.82, 2.24) is 9.88 Å². The van der Waals surface area contributed by atoms with Gasteiger partial charge in [0.25, 0.3) is 0 Å². The molecule has 1 aromatic rings. The summed E-state index contributed by atoms with van der Waals surface area (Å²) in [4.78, 5) is 9.09. The number of hydrogen-bond acceptors (Lipinski definition) is 4. The molecule has 0 aromatic carbocycles. The van der Waals surface area contributed by atoms with Crippen LogP contribution in [0.4, 0.5) is 10.2 Å². The lowest BCUT2D eigenvalue weighted by Crippen LogP contribution is -2.47. The molecule has 1 atom stereocenters. The highest BCUT2D eigenvalue weighted by Crippen LogP contribution is 2.42. The van der Waals surface area contributed by atoms with Crippen LogP contribution in [0.3, 0.4) is 0 Å². The largest absolute Gasteiger partial charge is 0.393 e. The first-order valence-corrected chi connectivity index (χ1v) is 9.43. The van der Waals surface area contributed by atoms with Gasteiger partial charge in [0.1, 0.15) is 0 Å². The quantitative estimate of drug-likeness (QED) is 0.903. The van der Waals surface area contributed by atoms with Crippen molar-refractivity contribution in [2.45, 2.75) is 57.1 Å². The van der Waals surface area contributed by atoms with Crippen molar-refractivity contribution in [1.29, 1.82) is 0 Å². The van der Waals surface area contributed by atoms with E-state index < -0.39 is 0 Å². The summed E-state index contributed by atoms with van der Waals surface area (Å²) in [6.07, 6.45) is 9.29. The first-order valence-electron chi connectivity index (χ1n) is 9.43. The summed E-state index contributed by atoms with van der Waals surface area (Å²) in [5.41, 5.74) is 0.290. The Kier molecular flexibility index (Phi) is 4.48. The summed E-state index contributed by atoms with van der Waals surface area (Å²) >= 11 is 0. The molecular formula is C19H28FN3O. The molecule has 132 valence electrons. The lowest BCUT2D eigenvalue weighted by Gasteiger charge is -2.42. The van der Waals surface area contributed by atoms with Gasteiger partial charge in [0.15, 0.2) is 11.6 Å². The highest BCUT2D eigenvalue weighted by molar-refractivity contribution is 5.40. The van der Waals surface area contributed by atoms with Gasteiger partial charge < -0.3 is 10.0 Å². The molecule has 24 heavy (non-hydrogen) atoms. The third-order valence-corrected chi connectivity index (χ3v) is 6.35. The predicted molar refractivity (Wildman–Crippen MR) is 92.5 cm³/mol. The second kappa shape index (κ2) is 6.60. The Balaban J connectivity index is 1.43. The number of piperidine rings is 1. The average molecular weight is 333 g/mol. The van der Waals surface area contributed by atoms with Gasteiger partial charge in [0, 0.05) is 37.3 Å². The second-order valence-corrected chi connectivity index (χ2v) is 8.02. The van der Waals surface area contributed by atoms with E-state index in [1.807, 2.05) is 0 Å². The van der Waals surface area contributed by atoms with Gasteiger partial charge >= 0.3 is 0 Å². The topological polar surface area (TPSA) is 39.6 Å². The van der Waals surface area contributed by atoms with Crippen LogP contribution >= 0.6 is 0 Å². The maximum absolute atomic E-state index is 14.1. The average Bonchev–Trinajstić information content (AvgIpc) is 2.99. The molecule has 1 aromatic heterocycles. The van der Waals surface area contributed by atoms with E-state index in [1.54, 1.807) is 12.3 Å². The Morgan fingerprint density at radius 3 is 2.75 bits per heavy atom. The van der Waals surface area contributed by atoms with Gasteiger partial charge in [-0.3, -0.25) is 4.90 Å². The van der Waals surface area contributed by atoms with E-state index in [1.165, 1.54) is 18.9 Å². The molecule has 1 aliphatic carbocycles. The van der Waals surface area contributed by atoms with Crippen molar-refractivity contribution in [2.24, 2.45) is 5.41 Å². The SMILES string of the molecule is O[C@H]1CC[C@H](N2CC[C@]3(CCCN(c4ncccc4F)C3)C2)CC1. The van der Waals surface area contributed by atoms with E-state index in [0.717, 1.165) is 58.3 Å². The standard InChI is InChI=1S/C19H28FN3O/c20-17-3-1-10-21-18(17)23-11-2-8-19(14-23)9-12-22(13-19)15-4-6-16(24)7-5-15/h1,3,10,15-16,24H,2,4-9,11-14H2/t15-,16-,19-/m1/s1. The summed E-state index contributed by atoms with van der Waals surface area (Å²) in [5.74, 6) is 0.321. The summed E-state index contributed by atoms with van der Waals surface area (Å²) in [6.45, 7) is 4.11. The molecule has 2 aliphatic heterocycles. The zero-order valence-corrected chi connectivity index (χ0v) is 14.3. The van der Waals surface area contributed by atoms with Gasteiger partial charge in [-0.05, 0) is 63.6 Å². The first-order chi connectivity index (χ1) is 11.7. The molecular weight excluding hydrogens is 305 g/mol. The van der Waals surface area contributed by atoms with Crippen LogP contribution in [0.15, 0.2) is 18.3 Å². The zero-order chi connectivity index (χ0) is 16.6. The van der Waals surface area contributed by atoms with Gasteiger partial charge in [0.2, 0.25) is 0 Å². The minimum Gasteiger partial charge on any atom is -0.393 e. The monoisotopic (exact) mass is 333 g/mol. The summed E-state index contributed by atoms with van der Waals surface area (Å²) in [7, 11) is 0. The minimum atomic E-state index is -0.203. The van der Waals surface area contributed by atoms with Gasteiger partial charge in [-0.2, -0.15) is 0 Å². The first kappa shape index (κ1) is 16.3. The fourth-order valence-corrected chi connectivity index (χ4v) is 5.04. The van der Waals surface area contributed by atoms with Crippen molar-refractivity contribution in [3.05, 3.63) is 24.1 Å². The maximum atomic E-state index is 14.1. The number of aliphatic hydroxyl groups excluding tert-OH is 1. The molecule has 4 rings (SSSR count). The molecule has 5 heteroatoms. The Bertz CT molecular complexity index is 575. The van der Waals surface area contributed by atoms with Crippen molar-refractivity contribution in [3.63, 3.8) is 0 Å². The maximum Gasteiger partial charge on any atom is 0.165 e. The molecule has 0 amide bonds. The van der Waals surface area contributed by atoms with Crippen LogP contribution < -0.4 is 4.90 Å². The highest BCUT2D eigenvalue weighted by Gasteiger charge is 2.44. The van der Waals surface area contributed by atoms with E-state index in [9.17, 15) is 9.50 Å². The fraction of sp³-hybridized carbons (Fsp3) is 0.737. The number of hydrogen-bond donors (Lipinski definition) is 1. The number of pyridine rings is 1. The molecule has 1 N–H and O–H groups in total. The third-order valence-electron chi connectivity index (χ3n) is 6.35. The van der Waals surface area contributed by atoms with Crippen LogP contribution in [-0.4, -0.2) is 53.3 Å². The van der Waals surface area contributed by atoms with E-state index in [4.69, 9.17) is 0 Å². The minimum absolute atomic E-state index is 0.0879. The number of halogens is 1. The Labute approximate surface area is 143 Å². The third kappa shape index (κ3) is 3.16. The lowest BCUT2D eigenvalue weighted by atomic mass is 9.79. The van der Waals surface area contributed by atoms with Crippen LogP contribution in [-0.2, 0) is 0 Å². The van der Waals surface area contributed by atoms with Crippen LogP contribution in [0.5, 0.6) is 0 Å². The molecule has 3 heterocycles. The summed E-state index contributed by atoms with van der Waals surface area (Å²) < 4.78 is 14.1. The highest BCUT2D eigenvalue weighted by atomic mass is 19.1. The number of aromatic nitrogens is 1. The number of rotatable bonds is 2. The normalized spacial score (nSPS) is 34.8. The fourth-order valence-electron chi connectivity index (χ4n) is 5.04. The van der Waals surface area contributed by atoms with Crippen LogP contribution in [0.1, 0.15) is 44.9 Å². The molecule has 0 unspecified atom stereocenters. The summed E-state index contributed by atoms with van der Waals surface area (Å²) in [5, 5.41) is 9.73. The van der Waals surface area contributed by atoms with Gasteiger partial charge in [-0.15, -0.1) is 0 Å². The molecule has 3 aliphatic rings. The predicted octanol–water partition coefficient (Wildman–Crippen LogP) is 2.82. The molecule has 3 fully saturated rings. The molecule has 2 saturated heterocycles. The van der Waals surface area contributed by atoms with E-state index in [0.29, 0.717) is 11.9 Å². The van der Waals surface area contributed by atoms with E-state index in [2.05, 4.69) is 14.8 Å². The molecule has 0 radical (unpaired) electrons. The number of nitrogens with zero attached hydrogens (tertiary/aromatic N) is 3. The Morgan fingerprint density at radius 2 is 1.96 bits per heavy atom. The van der Waals surface area contributed by atoms with E-state index in [-0.39, 0.29) is 17.3 Å². The zero-order valence-electron chi connectivity index (χ0n) is 14.3. The van der Waals surface area contributed by atoms with Crippen LogP contribution in [0.25, 0.3) is 0 Å². The second-order valence-electron chi connectivity index (χ2n) is 8.02. The summed E-state index contributed by atoms with van der Waals surface area (Å²) in [6, 6.07) is 3.81.